The van der Waals surface area contributed by atoms with Crippen molar-refractivity contribution in [3.05, 3.63) is 40.4 Å². The summed E-state index contributed by atoms with van der Waals surface area (Å²) < 4.78 is 0. The Morgan fingerprint density at radius 2 is 2.00 bits per heavy atom. The highest BCUT2D eigenvalue weighted by Gasteiger charge is 2.08. The number of aromatic nitrogens is 1. The zero-order chi connectivity index (χ0) is 11.7. The number of nitrogens with zero attached hydrogens (tertiary/aromatic N) is 1. The van der Waals surface area contributed by atoms with Crippen LogP contribution in [0.3, 0.4) is 0 Å². The fourth-order valence-corrected chi connectivity index (χ4v) is 2.25. The van der Waals surface area contributed by atoms with E-state index < -0.39 is 0 Å². The van der Waals surface area contributed by atoms with E-state index in [0.717, 1.165) is 10.6 Å². The number of aryl methyl sites for hydroxylation is 2. The number of carbonyl (C=O) groups is 1. The highest BCUT2D eigenvalue weighted by Crippen LogP contribution is 2.26. The molecule has 0 amide bonds. The van der Waals surface area contributed by atoms with E-state index in [1.807, 2.05) is 6.07 Å². The second kappa shape index (κ2) is 4.18. The van der Waals surface area contributed by atoms with E-state index in [2.05, 4.69) is 31.0 Å². The van der Waals surface area contributed by atoms with Crippen LogP contribution in [-0.4, -0.2) is 10.8 Å². The maximum absolute atomic E-state index is 11.2. The first kappa shape index (κ1) is 11.0. The van der Waals surface area contributed by atoms with Crippen molar-refractivity contribution in [2.75, 3.05) is 0 Å². The first-order valence-corrected chi connectivity index (χ1v) is 5.94. The SMILES string of the molecule is CC(=O)c1cnc(-c2ccc(C)c(C)c2)s1. The normalized spacial score (nSPS) is 10.4. The van der Waals surface area contributed by atoms with E-state index in [9.17, 15) is 4.79 Å². The van der Waals surface area contributed by atoms with E-state index >= 15 is 0 Å². The van der Waals surface area contributed by atoms with Crippen LogP contribution in [0.4, 0.5) is 0 Å². The monoisotopic (exact) mass is 231 g/mol. The number of Topliss-reactive ketones (excluding diaryl/α,β-unsaturated/α-hetero) is 1. The van der Waals surface area contributed by atoms with Gasteiger partial charge < -0.3 is 0 Å². The van der Waals surface area contributed by atoms with Gasteiger partial charge in [-0.15, -0.1) is 11.3 Å². The van der Waals surface area contributed by atoms with Gasteiger partial charge in [0.2, 0.25) is 0 Å². The van der Waals surface area contributed by atoms with Gasteiger partial charge in [0.05, 0.1) is 4.88 Å². The average molecular weight is 231 g/mol. The predicted octanol–water partition coefficient (Wildman–Crippen LogP) is 3.63. The number of hydrogen-bond donors (Lipinski definition) is 0. The molecule has 0 unspecified atom stereocenters. The van der Waals surface area contributed by atoms with Crippen LogP contribution in [0.25, 0.3) is 10.6 Å². The van der Waals surface area contributed by atoms with E-state index in [-0.39, 0.29) is 5.78 Å². The Balaban J connectivity index is 2.42. The lowest BCUT2D eigenvalue weighted by molar-refractivity contribution is 0.102. The first-order chi connectivity index (χ1) is 7.58. The minimum Gasteiger partial charge on any atom is -0.294 e. The van der Waals surface area contributed by atoms with Gasteiger partial charge in [-0.25, -0.2) is 4.98 Å². The highest BCUT2D eigenvalue weighted by atomic mass is 32.1. The van der Waals surface area contributed by atoms with Crippen LogP contribution in [0.1, 0.15) is 27.7 Å². The summed E-state index contributed by atoms with van der Waals surface area (Å²) in [4.78, 5) is 16.2. The Hall–Kier alpha value is -1.48. The number of ketones is 1. The van der Waals surface area contributed by atoms with Gasteiger partial charge in [-0.1, -0.05) is 12.1 Å². The summed E-state index contributed by atoms with van der Waals surface area (Å²) in [6.45, 7) is 5.73. The number of hydrogen-bond acceptors (Lipinski definition) is 3. The van der Waals surface area contributed by atoms with Crippen molar-refractivity contribution < 1.29 is 4.79 Å². The van der Waals surface area contributed by atoms with E-state index in [4.69, 9.17) is 0 Å². The molecular formula is C13H13NOS. The quantitative estimate of drug-likeness (QED) is 0.739. The van der Waals surface area contributed by atoms with Gasteiger partial charge in [0.1, 0.15) is 5.01 Å². The summed E-state index contributed by atoms with van der Waals surface area (Å²) in [6.07, 6.45) is 1.65. The molecule has 0 atom stereocenters. The molecule has 2 aromatic rings. The molecule has 0 radical (unpaired) electrons. The number of rotatable bonds is 2. The van der Waals surface area contributed by atoms with Crippen LogP contribution in [0.5, 0.6) is 0 Å². The molecule has 2 rings (SSSR count). The molecule has 3 heteroatoms. The van der Waals surface area contributed by atoms with Crippen molar-refractivity contribution in [1.82, 2.24) is 4.98 Å². The number of benzene rings is 1. The predicted molar refractivity (Wildman–Crippen MR) is 67.0 cm³/mol. The molecule has 82 valence electrons. The number of carbonyl (C=O) groups excluding carboxylic acids is 1. The molecule has 2 nitrogen and oxygen atoms in total. The van der Waals surface area contributed by atoms with Crippen LogP contribution in [0, 0.1) is 13.8 Å². The molecule has 1 aromatic heterocycles. The van der Waals surface area contributed by atoms with Crippen LogP contribution in [0.2, 0.25) is 0 Å². The van der Waals surface area contributed by atoms with Gasteiger partial charge >= 0.3 is 0 Å². The Morgan fingerprint density at radius 3 is 2.56 bits per heavy atom. The summed E-state index contributed by atoms with van der Waals surface area (Å²) in [6, 6.07) is 6.24. The smallest absolute Gasteiger partial charge is 0.171 e. The van der Waals surface area contributed by atoms with Crippen molar-refractivity contribution in [3.63, 3.8) is 0 Å². The zero-order valence-corrected chi connectivity index (χ0v) is 10.4. The Bertz CT molecular complexity index is 543. The highest BCUT2D eigenvalue weighted by molar-refractivity contribution is 7.16. The van der Waals surface area contributed by atoms with Crippen molar-refractivity contribution in [1.29, 1.82) is 0 Å². The number of thiazole rings is 1. The molecule has 0 N–H and O–H groups in total. The second-order valence-corrected chi connectivity index (χ2v) is 4.92. The van der Waals surface area contributed by atoms with Gasteiger partial charge in [-0.3, -0.25) is 4.79 Å². The van der Waals surface area contributed by atoms with Crippen LogP contribution in [-0.2, 0) is 0 Å². The van der Waals surface area contributed by atoms with Crippen molar-refractivity contribution in [3.8, 4) is 10.6 Å². The maximum Gasteiger partial charge on any atom is 0.171 e. The summed E-state index contributed by atoms with van der Waals surface area (Å²) in [5.74, 6) is 0.0765. The fraction of sp³-hybridized carbons (Fsp3) is 0.231. The lowest BCUT2D eigenvalue weighted by atomic mass is 10.1. The third-order valence-corrected chi connectivity index (χ3v) is 3.75. The minimum atomic E-state index is 0.0765. The lowest BCUT2D eigenvalue weighted by Gasteiger charge is -2.01. The van der Waals surface area contributed by atoms with Crippen molar-refractivity contribution in [2.24, 2.45) is 0 Å². The average Bonchev–Trinajstić information content (AvgIpc) is 2.71. The third kappa shape index (κ3) is 2.04. The van der Waals surface area contributed by atoms with Gasteiger partial charge in [0.25, 0.3) is 0 Å². The standard InChI is InChI=1S/C13H13NOS/c1-8-4-5-11(6-9(8)2)13-14-7-12(16-13)10(3)15/h4-7H,1-3H3. The molecule has 0 saturated carbocycles. The fourth-order valence-electron chi connectivity index (χ4n) is 1.44. The zero-order valence-electron chi connectivity index (χ0n) is 9.57. The van der Waals surface area contributed by atoms with E-state index in [1.54, 1.807) is 13.1 Å². The van der Waals surface area contributed by atoms with Gasteiger partial charge in [0.15, 0.2) is 5.78 Å². The Morgan fingerprint density at radius 1 is 1.25 bits per heavy atom. The van der Waals surface area contributed by atoms with Gasteiger partial charge in [0, 0.05) is 18.7 Å². The summed E-state index contributed by atoms with van der Waals surface area (Å²) in [5.41, 5.74) is 3.60. The van der Waals surface area contributed by atoms with Crippen LogP contribution >= 0.6 is 11.3 Å². The molecule has 0 fully saturated rings. The molecule has 0 aliphatic carbocycles. The van der Waals surface area contributed by atoms with Crippen LogP contribution in [0.15, 0.2) is 24.4 Å². The first-order valence-electron chi connectivity index (χ1n) is 5.12. The van der Waals surface area contributed by atoms with E-state index in [1.165, 1.54) is 22.5 Å². The third-order valence-electron chi connectivity index (χ3n) is 2.61. The van der Waals surface area contributed by atoms with Gasteiger partial charge in [-0.2, -0.15) is 0 Å². The summed E-state index contributed by atoms with van der Waals surface area (Å²) in [7, 11) is 0. The Kier molecular flexibility index (Phi) is 2.88. The second-order valence-electron chi connectivity index (χ2n) is 3.88. The molecule has 16 heavy (non-hydrogen) atoms. The Labute approximate surface area is 99.0 Å². The van der Waals surface area contributed by atoms with Crippen LogP contribution < -0.4 is 0 Å². The largest absolute Gasteiger partial charge is 0.294 e. The summed E-state index contributed by atoms with van der Waals surface area (Å²) >= 11 is 1.45. The van der Waals surface area contributed by atoms with Crippen molar-refractivity contribution >= 4 is 17.1 Å². The molecule has 1 heterocycles. The molecular weight excluding hydrogens is 218 g/mol. The minimum absolute atomic E-state index is 0.0765. The molecule has 0 saturated heterocycles. The summed E-state index contributed by atoms with van der Waals surface area (Å²) in [5, 5.41) is 0.910. The van der Waals surface area contributed by atoms with E-state index in [0.29, 0.717) is 4.88 Å². The molecule has 1 aromatic carbocycles. The molecule has 0 spiro atoms. The molecule has 0 aliphatic heterocycles. The molecule has 0 aliphatic rings. The maximum atomic E-state index is 11.2. The molecule has 0 bridgehead atoms. The van der Waals surface area contributed by atoms with Crippen molar-refractivity contribution in [2.45, 2.75) is 20.8 Å². The van der Waals surface area contributed by atoms with Gasteiger partial charge in [-0.05, 0) is 31.0 Å². The lowest BCUT2D eigenvalue weighted by Crippen LogP contribution is -1.83. The topological polar surface area (TPSA) is 30.0 Å².